The van der Waals surface area contributed by atoms with Gasteiger partial charge >= 0.3 is 5.97 Å². The molecule has 108 valence electrons. The maximum Gasteiger partial charge on any atom is 0.319 e. The molecule has 0 radical (unpaired) electrons. The highest BCUT2D eigenvalue weighted by Crippen LogP contribution is 2.26. The Kier molecular flexibility index (Phi) is 4.79. The van der Waals surface area contributed by atoms with Crippen LogP contribution >= 0.6 is 0 Å². The van der Waals surface area contributed by atoms with Crippen LogP contribution in [0.25, 0.3) is 5.76 Å². The van der Waals surface area contributed by atoms with Crippen molar-refractivity contribution in [3.63, 3.8) is 0 Å². The van der Waals surface area contributed by atoms with Crippen LogP contribution in [0.4, 0.5) is 0 Å². The third-order valence-electron chi connectivity index (χ3n) is 3.54. The second-order valence-corrected chi connectivity index (χ2v) is 4.90. The number of hydrogen-bond donors (Lipinski definition) is 1. The molecule has 4 nitrogen and oxygen atoms in total. The minimum Gasteiger partial charge on any atom is -0.494 e. The fraction of sp³-hybridized carbons (Fsp3) is 0.438. The zero-order valence-electron chi connectivity index (χ0n) is 12.1. The van der Waals surface area contributed by atoms with Crippen LogP contribution in [0.3, 0.4) is 0 Å². The monoisotopic (exact) mass is 275 g/mol. The molecule has 0 saturated carbocycles. The van der Waals surface area contributed by atoms with E-state index in [4.69, 9.17) is 4.74 Å². The van der Waals surface area contributed by atoms with Gasteiger partial charge in [0.1, 0.15) is 5.76 Å². The molecule has 0 aliphatic heterocycles. The van der Waals surface area contributed by atoms with E-state index in [2.05, 4.69) is 28.8 Å². The van der Waals surface area contributed by atoms with Gasteiger partial charge in [0, 0.05) is 11.6 Å². The molecule has 1 N–H and O–H groups in total. The fourth-order valence-corrected chi connectivity index (χ4v) is 2.49. The molecule has 0 amide bonds. The van der Waals surface area contributed by atoms with E-state index in [0.29, 0.717) is 18.4 Å². The highest BCUT2D eigenvalue weighted by molar-refractivity contribution is 5.71. The van der Waals surface area contributed by atoms with Crippen LogP contribution in [0, 0.1) is 0 Å². The van der Waals surface area contributed by atoms with Crippen molar-refractivity contribution in [2.45, 2.75) is 25.8 Å². The number of methoxy groups -OCH3 is 1. The first-order valence-electron chi connectivity index (χ1n) is 6.88. The van der Waals surface area contributed by atoms with E-state index in [0.717, 1.165) is 18.4 Å². The van der Waals surface area contributed by atoms with Crippen LogP contribution in [0.5, 0.6) is 0 Å². The number of hydrogen-bond acceptors (Lipinski definition) is 4. The second-order valence-electron chi connectivity index (χ2n) is 4.90. The van der Waals surface area contributed by atoms with Crippen molar-refractivity contribution in [3.8, 4) is 0 Å². The van der Waals surface area contributed by atoms with Crippen molar-refractivity contribution >= 4 is 11.7 Å². The first-order valence-corrected chi connectivity index (χ1v) is 6.88. The molecule has 1 aliphatic carbocycles. The molecule has 1 unspecified atom stereocenters. The summed E-state index contributed by atoms with van der Waals surface area (Å²) in [5.74, 6) is 0.479. The largest absolute Gasteiger partial charge is 0.494 e. The third kappa shape index (κ3) is 3.39. The Balaban J connectivity index is 1.98. The first kappa shape index (κ1) is 14.6. The molecule has 1 aromatic carbocycles. The lowest BCUT2D eigenvalue weighted by atomic mass is 10.1. The van der Waals surface area contributed by atoms with Gasteiger partial charge in [-0.1, -0.05) is 18.7 Å². The highest BCUT2D eigenvalue weighted by atomic mass is 16.5. The smallest absolute Gasteiger partial charge is 0.319 e. The highest BCUT2D eigenvalue weighted by Gasteiger charge is 2.22. The first-order chi connectivity index (χ1) is 9.63. The van der Waals surface area contributed by atoms with Crippen molar-refractivity contribution in [3.05, 3.63) is 41.5 Å². The number of ether oxygens (including phenoxy) is 2. The Morgan fingerprint density at radius 1 is 1.40 bits per heavy atom. The Bertz CT molecular complexity index is 510. The van der Waals surface area contributed by atoms with Gasteiger partial charge in [0.25, 0.3) is 0 Å². The van der Waals surface area contributed by atoms with Crippen molar-refractivity contribution in [1.29, 1.82) is 0 Å². The Labute approximate surface area is 119 Å². The minimum atomic E-state index is -0.230. The van der Waals surface area contributed by atoms with Gasteiger partial charge in [0.15, 0.2) is 0 Å². The maximum absolute atomic E-state index is 11.1. The fourth-order valence-electron chi connectivity index (χ4n) is 2.49. The average molecular weight is 275 g/mol. The van der Waals surface area contributed by atoms with E-state index in [1.807, 2.05) is 13.0 Å². The molecule has 0 spiro atoms. The summed E-state index contributed by atoms with van der Waals surface area (Å²) in [4.78, 5) is 11.1. The Morgan fingerprint density at radius 2 is 2.15 bits per heavy atom. The van der Waals surface area contributed by atoms with Gasteiger partial charge in [0.05, 0.1) is 20.3 Å². The predicted octanol–water partition coefficient (Wildman–Crippen LogP) is 1.92. The summed E-state index contributed by atoms with van der Waals surface area (Å²) < 4.78 is 10.1. The number of esters is 1. The number of benzene rings is 1. The molecule has 1 aromatic rings. The molecule has 0 heterocycles. The summed E-state index contributed by atoms with van der Waals surface area (Å²) in [7, 11) is 1.40. The molecular formula is C16H21NO3. The lowest BCUT2D eigenvalue weighted by Crippen LogP contribution is -2.34. The molecule has 1 aliphatic rings. The van der Waals surface area contributed by atoms with E-state index in [-0.39, 0.29) is 12.5 Å². The summed E-state index contributed by atoms with van der Waals surface area (Å²) in [5, 5.41) is 3.22. The normalized spacial score (nSPS) is 16.6. The molecule has 1 atom stereocenters. The minimum absolute atomic E-state index is 0.230. The molecule has 20 heavy (non-hydrogen) atoms. The maximum atomic E-state index is 11.1. The predicted molar refractivity (Wildman–Crippen MR) is 78.3 cm³/mol. The number of carbonyl (C=O) groups is 1. The van der Waals surface area contributed by atoms with Crippen molar-refractivity contribution in [2.75, 3.05) is 20.3 Å². The number of carbonyl (C=O) groups excluding carboxylic acids is 1. The Morgan fingerprint density at radius 3 is 2.85 bits per heavy atom. The van der Waals surface area contributed by atoms with Crippen LogP contribution in [0.15, 0.2) is 24.8 Å². The van der Waals surface area contributed by atoms with Gasteiger partial charge in [-0.05, 0) is 37.0 Å². The van der Waals surface area contributed by atoms with Gasteiger partial charge in [-0.15, -0.1) is 0 Å². The van der Waals surface area contributed by atoms with Crippen LogP contribution in [-0.4, -0.2) is 32.3 Å². The lowest BCUT2D eigenvalue weighted by Gasteiger charge is -2.10. The summed E-state index contributed by atoms with van der Waals surface area (Å²) in [6.07, 6.45) is 1.85. The van der Waals surface area contributed by atoms with Crippen LogP contribution in [-0.2, 0) is 27.1 Å². The Hall–Kier alpha value is -1.81. The van der Waals surface area contributed by atoms with Gasteiger partial charge < -0.3 is 14.8 Å². The molecular weight excluding hydrogens is 254 g/mol. The summed E-state index contributed by atoms with van der Waals surface area (Å²) in [5.41, 5.74) is 3.64. The SMILES string of the molecule is C=C(OCC)c1ccc2c(c1)CC(NCC(=O)OC)C2. The lowest BCUT2D eigenvalue weighted by molar-refractivity contribution is -0.139. The van der Waals surface area contributed by atoms with E-state index in [1.54, 1.807) is 0 Å². The molecule has 0 bridgehead atoms. The topological polar surface area (TPSA) is 47.6 Å². The van der Waals surface area contributed by atoms with Gasteiger partial charge in [-0.25, -0.2) is 0 Å². The summed E-state index contributed by atoms with van der Waals surface area (Å²) in [6.45, 7) is 6.76. The molecule has 4 heteroatoms. The van der Waals surface area contributed by atoms with E-state index in [9.17, 15) is 4.79 Å². The third-order valence-corrected chi connectivity index (χ3v) is 3.54. The van der Waals surface area contributed by atoms with E-state index in [1.165, 1.54) is 18.2 Å². The van der Waals surface area contributed by atoms with Crippen molar-refractivity contribution in [2.24, 2.45) is 0 Å². The molecule has 2 rings (SSSR count). The number of fused-ring (bicyclic) bond motifs is 1. The number of rotatable bonds is 6. The van der Waals surface area contributed by atoms with Crippen molar-refractivity contribution < 1.29 is 14.3 Å². The van der Waals surface area contributed by atoms with Gasteiger partial charge in [-0.2, -0.15) is 0 Å². The van der Waals surface area contributed by atoms with E-state index >= 15 is 0 Å². The quantitative estimate of drug-likeness (QED) is 0.636. The zero-order valence-corrected chi connectivity index (χ0v) is 12.1. The summed E-state index contributed by atoms with van der Waals surface area (Å²) >= 11 is 0. The molecule has 0 aromatic heterocycles. The summed E-state index contributed by atoms with van der Waals surface area (Å²) in [6, 6.07) is 6.58. The second kappa shape index (κ2) is 6.57. The van der Waals surface area contributed by atoms with Crippen LogP contribution in [0.2, 0.25) is 0 Å². The van der Waals surface area contributed by atoms with Crippen LogP contribution < -0.4 is 5.32 Å². The zero-order chi connectivity index (χ0) is 14.5. The standard InChI is InChI=1S/C16H21NO3/c1-4-20-11(2)12-5-6-13-8-15(9-14(13)7-12)17-10-16(18)19-3/h5-7,15,17H,2,4,8-10H2,1,3H3. The van der Waals surface area contributed by atoms with Crippen molar-refractivity contribution in [1.82, 2.24) is 5.32 Å². The van der Waals surface area contributed by atoms with E-state index < -0.39 is 0 Å². The van der Waals surface area contributed by atoms with Crippen LogP contribution in [0.1, 0.15) is 23.6 Å². The molecule has 0 saturated heterocycles. The van der Waals surface area contributed by atoms with Gasteiger partial charge in [0.2, 0.25) is 0 Å². The number of nitrogens with one attached hydrogen (secondary N) is 1. The molecule has 0 fully saturated rings. The van der Waals surface area contributed by atoms with Gasteiger partial charge in [-0.3, -0.25) is 4.79 Å². The average Bonchev–Trinajstić information content (AvgIpc) is 2.86.